The van der Waals surface area contributed by atoms with Crippen molar-refractivity contribution in [1.29, 1.82) is 0 Å². The van der Waals surface area contributed by atoms with Crippen LogP contribution in [-0.4, -0.2) is 37.7 Å². The van der Waals surface area contributed by atoms with Gasteiger partial charge < -0.3 is 5.32 Å². The van der Waals surface area contributed by atoms with Gasteiger partial charge >= 0.3 is 0 Å². The minimum absolute atomic E-state index is 0.0902. The molecular weight excluding hydrogens is 228 g/mol. The zero-order chi connectivity index (χ0) is 11.9. The fourth-order valence-corrected chi connectivity index (χ4v) is 2.21. The zero-order valence-corrected chi connectivity index (χ0v) is 10.00. The van der Waals surface area contributed by atoms with Gasteiger partial charge in [0, 0.05) is 12.4 Å². The summed E-state index contributed by atoms with van der Waals surface area (Å²) in [5.41, 5.74) is 0. The van der Waals surface area contributed by atoms with E-state index in [4.69, 9.17) is 0 Å². The van der Waals surface area contributed by atoms with Crippen LogP contribution in [0.3, 0.4) is 0 Å². The maximum atomic E-state index is 11.6. The van der Waals surface area contributed by atoms with E-state index < -0.39 is 10.0 Å². The van der Waals surface area contributed by atoms with Crippen molar-refractivity contribution in [2.24, 2.45) is 0 Å². The first-order valence-electron chi connectivity index (χ1n) is 5.06. The van der Waals surface area contributed by atoms with Crippen molar-refractivity contribution in [2.45, 2.75) is 12.8 Å². The van der Waals surface area contributed by atoms with Crippen LogP contribution in [0.25, 0.3) is 0 Å². The second kappa shape index (κ2) is 6.39. The van der Waals surface area contributed by atoms with Crippen LogP contribution < -0.4 is 10.0 Å². The molecule has 1 rings (SSSR count). The van der Waals surface area contributed by atoms with Crippen molar-refractivity contribution in [2.75, 3.05) is 24.1 Å². The Kier molecular flexibility index (Phi) is 5.13. The lowest BCUT2D eigenvalue weighted by molar-refractivity contribution is 0.594. The molecule has 16 heavy (non-hydrogen) atoms. The van der Waals surface area contributed by atoms with Crippen LogP contribution in [0.15, 0.2) is 18.5 Å². The maximum absolute atomic E-state index is 11.6. The summed E-state index contributed by atoms with van der Waals surface area (Å²) in [5.74, 6) is 0.212. The summed E-state index contributed by atoms with van der Waals surface area (Å²) in [7, 11) is -1.48. The first-order valence-corrected chi connectivity index (χ1v) is 6.71. The Morgan fingerprint density at radius 3 is 2.56 bits per heavy atom. The average Bonchev–Trinajstić information content (AvgIpc) is 2.25. The molecule has 0 aliphatic rings. The first-order chi connectivity index (χ1) is 7.64. The predicted molar refractivity (Wildman–Crippen MR) is 62.6 cm³/mol. The number of hydrogen-bond donors (Lipinski definition) is 2. The summed E-state index contributed by atoms with van der Waals surface area (Å²) in [6.07, 6.45) is 4.42. The molecule has 0 amide bonds. The van der Waals surface area contributed by atoms with Crippen LogP contribution in [0.1, 0.15) is 12.8 Å². The number of sulfonamides is 1. The van der Waals surface area contributed by atoms with E-state index in [0.717, 1.165) is 13.0 Å². The second-order valence-electron chi connectivity index (χ2n) is 3.30. The Balaban J connectivity index is 2.40. The molecule has 0 bridgehead atoms. The summed E-state index contributed by atoms with van der Waals surface area (Å²) in [5, 5.41) is 2.96. The van der Waals surface area contributed by atoms with Gasteiger partial charge in [0.25, 0.3) is 0 Å². The van der Waals surface area contributed by atoms with Crippen LogP contribution in [0.2, 0.25) is 0 Å². The number of aromatic nitrogens is 2. The lowest BCUT2D eigenvalue weighted by Crippen LogP contribution is -2.19. The molecule has 90 valence electrons. The largest absolute Gasteiger partial charge is 0.320 e. The number of nitrogens with zero attached hydrogens (tertiary/aromatic N) is 2. The molecule has 0 fully saturated rings. The monoisotopic (exact) mass is 244 g/mol. The van der Waals surface area contributed by atoms with Crippen LogP contribution in [0, 0.1) is 0 Å². The van der Waals surface area contributed by atoms with Crippen molar-refractivity contribution in [3.8, 4) is 0 Å². The number of anilines is 1. The molecule has 0 unspecified atom stereocenters. The van der Waals surface area contributed by atoms with E-state index in [1.807, 2.05) is 7.05 Å². The normalized spacial score (nSPS) is 11.3. The van der Waals surface area contributed by atoms with Crippen molar-refractivity contribution < 1.29 is 8.42 Å². The minimum atomic E-state index is -3.32. The number of rotatable bonds is 7. The Hall–Kier alpha value is -1.21. The van der Waals surface area contributed by atoms with Gasteiger partial charge in [0.05, 0.1) is 5.75 Å². The summed E-state index contributed by atoms with van der Waals surface area (Å²) >= 11 is 0. The molecule has 1 aromatic heterocycles. The highest BCUT2D eigenvalue weighted by molar-refractivity contribution is 7.92. The van der Waals surface area contributed by atoms with Gasteiger partial charge in [-0.15, -0.1) is 0 Å². The molecule has 0 radical (unpaired) electrons. The van der Waals surface area contributed by atoms with Gasteiger partial charge in [-0.3, -0.25) is 4.72 Å². The summed E-state index contributed by atoms with van der Waals surface area (Å²) in [6, 6.07) is 1.63. The highest BCUT2D eigenvalue weighted by atomic mass is 32.2. The average molecular weight is 244 g/mol. The van der Waals surface area contributed by atoms with E-state index in [1.165, 1.54) is 12.4 Å². The highest BCUT2D eigenvalue weighted by Crippen LogP contribution is 2.02. The molecule has 1 aromatic rings. The van der Waals surface area contributed by atoms with E-state index in [-0.39, 0.29) is 11.7 Å². The summed E-state index contributed by atoms with van der Waals surface area (Å²) in [6.45, 7) is 0.817. The highest BCUT2D eigenvalue weighted by Gasteiger charge is 2.10. The van der Waals surface area contributed by atoms with Crippen LogP contribution in [0.5, 0.6) is 0 Å². The Morgan fingerprint density at radius 2 is 1.94 bits per heavy atom. The molecule has 0 saturated carbocycles. The number of nitrogens with one attached hydrogen (secondary N) is 2. The predicted octanol–water partition coefficient (Wildman–Crippen LogP) is 0.218. The zero-order valence-electron chi connectivity index (χ0n) is 9.18. The van der Waals surface area contributed by atoms with Crippen LogP contribution in [-0.2, 0) is 10.0 Å². The second-order valence-corrected chi connectivity index (χ2v) is 5.15. The topological polar surface area (TPSA) is 84.0 Å². The molecule has 1 heterocycles. The Labute approximate surface area is 95.6 Å². The minimum Gasteiger partial charge on any atom is -0.320 e. The SMILES string of the molecule is CNCCCCS(=O)(=O)Nc1ncccn1. The molecule has 2 N–H and O–H groups in total. The molecular formula is C9H16N4O2S. The van der Waals surface area contributed by atoms with Crippen molar-refractivity contribution in [3.05, 3.63) is 18.5 Å². The molecule has 0 aliphatic carbocycles. The Morgan fingerprint density at radius 1 is 1.25 bits per heavy atom. The van der Waals surface area contributed by atoms with E-state index in [0.29, 0.717) is 6.42 Å². The fraction of sp³-hybridized carbons (Fsp3) is 0.556. The molecule has 6 nitrogen and oxygen atoms in total. The third-order valence-electron chi connectivity index (χ3n) is 1.90. The van der Waals surface area contributed by atoms with Gasteiger partial charge in [0.15, 0.2) is 0 Å². The van der Waals surface area contributed by atoms with E-state index in [2.05, 4.69) is 20.0 Å². The molecule has 0 spiro atoms. The van der Waals surface area contributed by atoms with Gasteiger partial charge in [-0.25, -0.2) is 18.4 Å². The van der Waals surface area contributed by atoms with Crippen LogP contribution in [0.4, 0.5) is 5.95 Å². The molecule has 0 aliphatic heterocycles. The third kappa shape index (κ3) is 5.04. The van der Waals surface area contributed by atoms with Crippen molar-refractivity contribution in [1.82, 2.24) is 15.3 Å². The van der Waals surface area contributed by atoms with Gasteiger partial charge in [-0.1, -0.05) is 0 Å². The van der Waals surface area contributed by atoms with Gasteiger partial charge in [-0.2, -0.15) is 0 Å². The lowest BCUT2D eigenvalue weighted by Gasteiger charge is -2.05. The van der Waals surface area contributed by atoms with E-state index in [9.17, 15) is 8.42 Å². The number of unbranched alkanes of at least 4 members (excludes halogenated alkanes) is 1. The smallest absolute Gasteiger partial charge is 0.236 e. The standard InChI is InChI=1S/C9H16N4O2S/c1-10-5-2-3-8-16(14,15)13-9-11-6-4-7-12-9/h4,6-7,10H,2-3,5,8H2,1H3,(H,11,12,13). The van der Waals surface area contributed by atoms with Crippen molar-refractivity contribution in [3.63, 3.8) is 0 Å². The molecule has 0 aromatic carbocycles. The van der Waals surface area contributed by atoms with Gasteiger partial charge in [0.2, 0.25) is 16.0 Å². The number of hydrogen-bond acceptors (Lipinski definition) is 5. The fourth-order valence-electron chi connectivity index (χ4n) is 1.14. The maximum Gasteiger partial charge on any atom is 0.236 e. The molecule has 0 atom stereocenters. The molecule has 0 saturated heterocycles. The molecule has 7 heteroatoms. The summed E-state index contributed by atoms with van der Waals surface area (Å²) < 4.78 is 25.4. The first kappa shape index (κ1) is 12.9. The van der Waals surface area contributed by atoms with Gasteiger partial charge in [-0.05, 0) is 32.5 Å². The van der Waals surface area contributed by atoms with Gasteiger partial charge in [0.1, 0.15) is 0 Å². The summed E-state index contributed by atoms with van der Waals surface area (Å²) in [4.78, 5) is 7.59. The van der Waals surface area contributed by atoms with Crippen molar-refractivity contribution >= 4 is 16.0 Å². The van der Waals surface area contributed by atoms with Crippen LogP contribution >= 0.6 is 0 Å². The van der Waals surface area contributed by atoms with E-state index in [1.54, 1.807) is 6.07 Å². The third-order valence-corrected chi connectivity index (χ3v) is 3.22. The van der Waals surface area contributed by atoms with E-state index >= 15 is 0 Å². The Bertz CT molecular complexity index is 393. The lowest BCUT2D eigenvalue weighted by atomic mass is 10.3. The quantitative estimate of drug-likeness (QED) is 0.670.